The van der Waals surface area contributed by atoms with E-state index in [2.05, 4.69) is 32.5 Å². The van der Waals surface area contributed by atoms with Crippen molar-refractivity contribution in [3.8, 4) is 0 Å². The topological polar surface area (TPSA) is 72.9 Å². The molecule has 0 amide bonds. The molecular formula is C11H13N7. The van der Waals surface area contributed by atoms with E-state index in [1.165, 1.54) is 0 Å². The number of fused-ring (bicyclic) bond motifs is 1. The van der Waals surface area contributed by atoms with Crippen molar-refractivity contribution in [1.82, 2.24) is 29.4 Å². The smallest absolute Gasteiger partial charge is 0.157 e. The number of hydrogen-bond acceptors (Lipinski definition) is 5. The second-order valence-corrected chi connectivity index (χ2v) is 3.83. The summed E-state index contributed by atoms with van der Waals surface area (Å²) in [6.45, 7) is 3.52. The number of aryl methyl sites for hydroxylation is 1. The molecule has 0 saturated carbocycles. The van der Waals surface area contributed by atoms with Crippen molar-refractivity contribution in [3.05, 3.63) is 36.7 Å². The van der Waals surface area contributed by atoms with E-state index in [1.54, 1.807) is 17.0 Å². The molecule has 92 valence electrons. The third-order valence-corrected chi connectivity index (χ3v) is 2.72. The van der Waals surface area contributed by atoms with Crippen LogP contribution in [0, 0.1) is 0 Å². The maximum Gasteiger partial charge on any atom is 0.157 e. The molecule has 0 aliphatic carbocycles. The van der Waals surface area contributed by atoms with Gasteiger partial charge in [0, 0.05) is 18.8 Å². The van der Waals surface area contributed by atoms with Crippen LogP contribution >= 0.6 is 0 Å². The van der Waals surface area contributed by atoms with Gasteiger partial charge >= 0.3 is 0 Å². The highest BCUT2D eigenvalue weighted by Crippen LogP contribution is 2.07. The summed E-state index contributed by atoms with van der Waals surface area (Å²) in [5.41, 5.74) is 0.817. The van der Waals surface area contributed by atoms with Crippen LogP contribution in [0.3, 0.4) is 0 Å². The van der Waals surface area contributed by atoms with Gasteiger partial charge in [0.15, 0.2) is 11.5 Å². The van der Waals surface area contributed by atoms with E-state index in [0.717, 1.165) is 23.8 Å². The zero-order valence-corrected chi connectivity index (χ0v) is 9.98. The molecule has 0 atom stereocenters. The Hall–Kier alpha value is -2.44. The molecule has 0 spiro atoms. The van der Waals surface area contributed by atoms with Crippen molar-refractivity contribution in [2.45, 2.75) is 20.0 Å². The molecule has 18 heavy (non-hydrogen) atoms. The number of hydrogen-bond donors (Lipinski definition) is 1. The first kappa shape index (κ1) is 10.7. The number of aromatic nitrogens is 6. The summed E-state index contributed by atoms with van der Waals surface area (Å²) >= 11 is 0. The Balaban J connectivity index is 1.76. The summed E-state index contributed by atoms with van der Waals surface area (Å²) < 4.78 is 3.71. The first-order chi connectivity index (χ1) is 8.86. The molecular weight excluding hydrogens is 230 g/mol. The van der Waals surface area contributed by atoms with Gasteiger partial charge in [0.1, 0.15) is 12.1 Å². The molecule has 0 aliphatic heterocycles. The summed E-state index contributed by atoms with van der Waals surface area (Å²) in [4.78, 5) is 4.42. The normalized spacial score (nSPS) is 10.9. The molecule has 3 aromatic rings. The first-order valence-electron chi connectivity index (χ1n) is 5.78. The van der Waals surface area contributed by atoms with Crippen molar-refractivity contribution >= 4 is 11.5 Å². The zero-order valence-electron chi connectivity index (χ0n) is 9.98. The SMILES string of the molecule is CCn1cnnc1CNc1ccn2nccc2n1. The zero-order chi connectivity index (χ0) is 12.4. The Morgan fingerprint density at radius 3 is 3.17 bits per heavy atom. The second kappa shape index (κ2) is 4.44. The summed E-state index contributed by atoms with van der Waals surface area (Å²) in [5.74, 6) is 1.70. The fraction of sp³-hybridized carbons (Fsp3) is 0.273. The van der Waals surface area contributed by atoms with Crippen LogP contribution in [0.15, 0.2) is 30.9 Å². The number of anilines is 1. The van der Waals surface area contributed by atoms with Crippen LogP contribution in [-0.4, -0.2) is 29.4 Å². The third kappa shape index (κ3) is 1.90. The van der Waals surface area contributed by atoms with Crippen LogP contribution in [0.1, 0.15) is 12.7 Å². The van der Waals surface area contributed by atoms with Gasteiger partial charge < -0.3 is 9.88 Å². The fourth-order valence-corrected chi connectivity index (χ4v) is 1.76. The van der Waals surface area contributed by atoms with Crippen LogP contribution in [0.25, 0.3) is 5.65 Å². The number of nitrogens with zero attached hydrogens (tertiary/aromatic N) is 6. The van der Waals surface area contributed by atoms with Gasteiger partial charge in [-0.1, -0.05) is 0 Å². The van der Waals surface area contributed by atoms with Gasteiger partial charge in [0.2, 0.25) is 0 Å². The Morgan fingerprint density at radius 2 is 2.28 bits per heavy atom. The number of rotatable bonds is 4. The van der Waals surface area contributed by atoms with Gasteiger partial charge in [0.05, 0.1) is 12.7 Å². The Kier molecular flexibility index (Phi) is 2.64. The van der Waals surface area contributed by atoms with E-state index in [-0.39, 0.29) is 0 Å². The Bertz CT molecular complexity index is 654. The van der Waals surface area contributed by atoms with Gasteiger partial charge in [-0.05, 0) is 13.0 Å². The fourth-order valence-electron chi connectivity index (χ4n) is 1.76. The van der Waals surface area contributed by atoms with Gasteiger partial charge in [-0.3, -0.25) is 0 Å². The molecule has 0 bridgehead atoms. The van der Waals surface area contributed by atoms with Crippen LogP contribution < -0.4 is 5.32 Å². The van der Waals surface area contributed by atoms with Crippen molar-refractivity contribution in [2.75, 3.05) is 5.32 Å². The molecule has 0 unspecified atom stereocenters. The molecule has 0 aromatic carbocycles. The van der Waals surface area contributed by atoms with Crippen LogP contribution in [-0.2, 0) is 13.1 Å². The van der Waals surface area contributed by atoms with Gasteiger partial charge in [0.25, 0.3) is 0 Å². The third-order valence-electron chi connectivity index (χ3n) is 2.72. The molecule has 0 fully saturated rings. The van der Waals surface area contributed by atoms with Crippen LogP contribution in [0.2, 0.25) is 0 Å². The van der Waals surface area contributed by atoms with Crippen molar-refractivity contribution in [2.24, 2.45) is 0 Å². The lowest BCUT2D eigenvalue weighted by Gasteiger charge is -2.06. The molecule has 0 saturated heterocycles. The van der Waals surface area contributed by atoms with Crippen LogP contribution in [0.4, 0.5) is 5.82 Å². The summed E-state index contributed by atoms with van der Waals surface area (Å²) in [6, 6.07) is 3.74. The maximum atomic E-state index is 4.42. The molecule has 7 heteroatoms. The monoisotopic (exact) mass is 243 g/mol. The van der Waals surface area contributed by atoms with Crippen molar-refractivity contribution in [3.63, 3.8) is 0 Å². The Morgan fingerprint density at radius 1 is 1.33 bits per heavy atom. The highest BCUT2D eigenvalue weighted by atomic mass is 15.3. The minimum Gasteiger partial charge on any atom is -0.363 e. The molecule has 3 rings (SSSR count). The lowest BCUT2D eigenvalue weighted by molar-refractivity contribution is 0.707. The van der Waals surface area contributed by atoms with Crippen molar-refractivity contribution in [1.29, 1.82) is 0 Å². The molecule has 7 nitrogen and oxygen atoms in total. The second-order valence-electron chi connectivity index (χ2n) is 3.83. The van der Waals surface area contributed by atoms with Crippen molar-refractivity contribution < 1.29 is 0 Å². The standard InChI is InChI=1S/C11H13N7/c1-2-17-8-13-16-11(17)7-12-9-4-6-18-10(15-9)3-5-14-18/h3-6,8H,2,7H2,1H3,(H,12,15). The highest BCUT2D eigenvalue weighted by molar-refractivity contribution is 5.45. The van der Waals surface area contributed by atoms with E-state index in [9.17, 15) is 0 Å². The maximum absolute atomic E-state index is 4.42. The summed E-state index contributed by atoms with van der Waals surface area (Å²) in [5, 5.41) is 15.3. The average Bonchev–Trinajstić information content (AvgIpc) is 3.04. The predicted molar refractivity (Wildman–Crippen MR) is 66.0 cm³/mol. The van der Waals surface area contributed by atoms with E-state index in [1.807, 2.05) is 22.9 Å². The summed E-state index contributed by atoms with van der Waals surface area (Å²) in [7, 11) is 0. The van der Waals surface area contributed by atoms with Gasteiger partial charge in [-0.15, -0.1) is 10.2 Å². The minimum atomic E-state index is 0.602. The largest absolute Gasteiger partial charge is 0.363 e. The van der Waals surface area contributed by atoms with E-state index in [0.29, 0.717) is 6.54 Å². The van der Waals surface area contributed by atoms with Gasteiger partial charge in [-0.2, -0.15) is 5.10 Å². The number of nitrogens with one attached hydrogen (secondary N) is 1. The quantitative estimate of drug-likeness (QED) is 0.738. The highest BCUT2D eigenvalue weighted by Gasteiger charge is 2.03. The minimum absolute atomic E-state index is 0.602. The van der Waals surface area contributed by atoms with E-state index < -0.39 is 0 Å². The lowest BCUT2D eigenvalue weighted by atomic mass is 10.5. The predicted octanol–water partition coefficient (Wildman–Crippen LogP) is 0.953. The Labute approximate surface area is 103 Å². The van der Waals surface area contributed by atoms with E-state index in [4.69, 9.17) is 0 Å². The molecule has 3 heterocycles. The first-order valence-corrected chi connectivity index (χ1v) is 5.78. The van der Waals surface area contributed by atoms with E-state index >= 15 is 0 Å². The molecule has 0 aliphatic rings. The molecule has 0 radical (unpaired) electrons. The average molecular weight is 243 g/mol. The molecule has 3 aromatic heterocycles. The molecule has 1 N–H and O–H groups in total. The van der Waals surface area contributed by atoms with Gasteiger partial charge in [-0.25, -0.2) is 9.50 Å². The van der Waals surface area contributed by atoms with Crippen LogP contribution in [0.5, 0.6) is 0 Å². The summed E-state index contributed by atoms with van der Waals surface area (Å²) in [6.07, 6.45) is 5.32. The lowest BCUT2D eigenvalue weighted by Crippen LogP contribution is -2.08.